The standard InChI is InChI=1S/C17H22F3N3O2/c1-21-16(17(18,19)20)15-11-12-10-13(2-3-14(12)25-15)22-4-5-23-6-8-24-9-7-23/h2-3,10-11,16,21-22H,4-9H2,1H3. The van der Waals surface area contributed by atoms with Gasteiger partial charge in [0.05, 0.1) is 13.2 Å². The van der Waals surface area contributed by atoms with Gasteiger partial charge in [-0.05, 0) is 31.3 Å². The minimum Gasteiger partial charge on any atom is -0.459 e. The predicted molar refractivity (Wildman–Crippen MR) is 89.8 cm³/mol. The normalized spacial score (nSPS) is 17.8. The smallest absolute Gasteiger partial charge is 0.410 e. The van der Waals surface area contributed by atoms with Crippen LogP contribution in [-0.4, -0.2) is 57.5 Å². The van der Waals surface area contributed by atoms with E-state index in [1.165, 1.54) is 13.1 Å². The Kier molecular flexibility index (Phi) is 5.51. The molecule has 0 aliphatic carbocycles. The van der Waals surface area contributed by atoms with Crippen molar-refractivity contribution in [2.45, 2.75) is 12.2 Å². The number of rotatable bonds is 6. The number of morpholine rings is 1. The summed E-state index contributed by atoms with van der Waals surface area (Å²) in [5.41, 5.74) is 1.30. The summed E-state index contributed by atoms with van der Waals surface area (Å²) in [6, 6.07) is 4.95. The fourth-order valence-corrected chi connectivity index (χ4v) is 2.97. The van der Waals surface area contributed by atoms with Crippen LogP contribution in [0.3, 0.4) is 0 Å². The number of ether oxygens (including phenoxy) is 1. The summed E-state index contributed by atoms with van der Waals surface area (Å²) in [5, 5.41) is 6.21. The molecule has 1 aliphatic rings. The average molecular weight is 357 g/mol. The van der Waals surface area contributed by atoms with E-state index in [2.05, 4.69) is 15.5 Å². The second-order valence-electron chi connectivity index (χ2n) is 6.05. The molecule has 0 radical (unpaired) electrons. The summed E-state index contributed by atoms with van der Waals surface area (Å²) in [4.78, 5) is 2.31. The molecule has 8 heteroatoms. The molecule has 5 nitrogen and oxygen atoms in total. The molecular formula is C17H22F3N3O2. The molecule has 1 unspecified atom stereocenters. The maximum absolute atomic E-state index is 13.0. The molecule has 1 fully saturated rings. The molecule has 1 aromatic heterocycles. The summed E-state index contributed by atoms with van der Waals surface area (Å²) >= 11 is 0. The molecule has 2 heterocycles. The molecular weight excluding hydrogens is 335 g/mol. The van der Waals surface area contributed by atoms with E-state index in [4.69, 9.17) is 9.15 Å². The van der Waals surface area contributed by atoms with Crippen LogP contribution in [-0.2, 0) is 4.74 Å². The highest BCUT2D eigenvalue weighted by atomic mass is 19.4. The zero-order chi connectivity index (χ0) is 17.9. The summed E-state index contributed by atoms with van der Waals surface area (Å²) in [7, 11) is 1.27. The Labute approximate surface area is 144 Å². The molecule has 0 bridgehead atoms. The molecule has 25 heavy (non-hydrogen) atoms. The van der Waals surface area contributed by atoms with Crippen molar-refractivity contribution in [2.75, 3.05) is 51.8 Å². The largest absolute Gasteiger partial charge is 0.459 e. The Hall–Kier alpha value is -1.77. The Morgan fingerprint density at radius 2 is 1.96 bits per heavy atom. The van der Waals surface area contributed by atoms with E-state index in [-0.39, 0.29) is 5.76 Å². The van der Waals surface area contributed by atoms with Gasteiger partial charge in [-0.2, -0.15) is 13.2 Å². The zero-order valence-electron chi connectivity index (χ0n) is 14.0. The number of fused-ring (bicyclic) bond motifs is 1. The van der Waals surface area contributed by atoms with Crippen LogP contribution in [0.4, 0.5) is 18.9 Å². The fraction of sp³-hybridized carbons (Fsp3) is 0.529. The van der Waals surface area contributed by atoms with Crippen LogP contribution in [0.5, 0.6) is 0 Å². The number of nitrogens with zero attached hydrogens (tertiary/aromatic N) is 1. The van der Waals surface area contributed by atoms with Gasteiger partial charge in [-0.3, -0.25) is 4.90 Å². The number of nitrogens with one attached hydrogen (secondary N) is 2. The summed E-state index contributed by atoms with van der Waals surface area (Å²) in [6.07, 6.45) is -4.40. The molecule has 0 amide bonds. The quantitative estimate of drug-likeness (QED) is 0.832. The van der Waals surface area contributed by atoms with Crippen LogP contribution < -0.4 is 10.6 Å². The third kappa shape index (κ3) is 4.45. The van der Waals surface area contributed by atoms with Crippen LogP contribution in [0.15, 0.2) is 28.7 Å². The second kappa shape index (κ2) is 7.63. The molecule has 138 valence electrons. The van der Waals surface area contributed by atoms with Gasteiger partial charge >= 0.3 is 6.18 Å². The summed E-state index contributed by atoms with van der Waals surface area (Å²) in [6.45, 7) is 5.03. The van der Waals surface area contributed by atoms with Gasteiger partial charge in [0, 0.05) is 37.3 Å². The lowest BCUT2D eigenvalue weighted by atomic mass is 10.2. The van der Waals surface area contributed by atoms with E-state index >= 15 is 0 Å². The zero-order valence-corrected chi connectivity index (χ0v) is 14.0. The first-order chi connectivity index (χ1) is 12.0. The van der Waals surface area contributed by atoms with E-state index in [1.807, 2.05) is 12.1 Å². The van der Waals surface area contributed by atoms with Crippen LogP contribution >= 0.6 is 0 Å². The Bertz CT molecular complexity index is 696. The molecule has 0 saturated carbocycles. The molecule has 2 aromatic rings. The van der Waals surface area contributed by atoms with Crippen LogP contribution in [0.2, 0.25) is 0 Å². The number of hydrogen-bond acceptors (Lipinski definition) is 5. The molecule has 1 aromatic carbocycles. The van der Waals surface area contributed by atoms with Crippen molar-refractivity contribution in [3.05, 3.63) is 30.0 Å². The van der Waals surface area contributed by atoms with Crippen molar-refractivity contribution in [1.29, 1.82) is 0 Å². The van der Waals surface area contributed by atoms with E-state index < -0.39 is 12.2 Å². The lowest BCUT2D eigenvalue weighted by Gasteiger charge is -2.26. The van der Waals surface area contributed by atoms with Gasteiger partial charge in [0.25, 0.3) is 0 Å². The van der Waals surface area contributed by atoms with Gasteiger partial charge in [-0.25, -0.2) is 0 Å². The molecule has 1 atom stereocenters. The van der Waals surface area contributed by atoms with Gasteiger partial charge < -0.3 is 19.8 Å². The van der Waals surface area contributed by atoms with Crippen molar-refractivity contribution < 1.29 is 22.3 Å². The molecule has 2 N–H and O–H groups in total. The number of hydrogen-bond donors (Lipinski definition) is 2. The Morgan fingerprint density at radius 3 is 2.64 bits per heavy atom. The maximum atomic E-state index is 13.0. The van der Waals surface area contributed by atoms with Crippen LogP contribution in [0.25, 0.3) is 11.0 Å². The predicted octanol–water partition coefficient (Wildman–Crippen LogP) is 3.00. The average Bonchev–Trinajstić information content (AvgIpc) is 2.97. The number of halogens is 3. The van der Waals surface area contributed by atoms with Crippen LogP contribution in [0, 0.1) is 0 Å². The molecule has 1 saturated heterocycles. The third-order valence-corrected chi connectivity index (χ3v) is 4.30. The SMILES string of the molecule is CNC(c1cc2cc(NCCN3CCOCC3)ccc2o1)C(F)(F)F. The number of anilines is 1. The van der Waals surface area contributed by atoms with Crippen molar-refractivity contribution >= 4 is 16.7 Å². The third-order valence-electron chi connectivity index (χ3n) is 4.30. The minimum absolute atomic E-state index is 0.129. The summed E-state index contributed by atoms with van der Waals surface area (Å²) < 4.78 is 49.7. The van der Waals surface area contributed by atoms with Crippen molar-refractivity contribution in [1.82, 2.24) is 10.2 Å². The van der Waals surface area contributed by atoms with Gasteiger partial charge in [0.15, 0.2) is 6.04 Å². The second-order valence-corrected chi connectivity index (χ2v) is 6.05. The number of benzene rings is 1. The first kappa shape index (κ1) is 18.0. The topological polar surface area (TPSA) is 49.7 Å². The highest BCUT2D eigenvalue weighted by Crippen LogP contribution is 2.35. The van der Waals surface area contributed by atoms with Gasteiger partial charge in [0.1, 0.15) is 11.3 Å². The fourth-order valence-electron chi connectivity index (χ4n) is 2.97. The van der Waals surface area contributed by atoms with Gasteiger partial charge in [-0.1, -0.05) is 0 Å². The molecule has 1 aliphatic heterocycles. The van der Waals surface area contributed by atoms with E-state index in [0.29, 0.717) is 11.0 Å². The van der Waals surface area contributed by atoms with Crippen molar-refractivity contribution in [3.63, 3.8) is 0 Å². The van der Waals surface area contributed by atoms with E-state index in [0.717, 1.165) is 45.1 Å². The van der Waals surface area contributed by atoms with Crippen LogP contribution in [0.1, 0.15) is 11.8 Å². The number of furan rings is 1. The Balaban J connectivity index is 1.65. The lowest BCUT2D eigenvalue weighted by molar-refractivity contribution is -0.159. The number of alkyl halides is 3. The van der Waals surface area contributed by atoms with E-state index in [1.54, 1.807) is 6.07 Å². The molecule has 3 rings (SSSR count). The highest BCUT2D eigenvalue weighted by molar-refractivity contribution is 5.82. The van der Waals surface area contributed by atoms with Crippen molar-refractivity contribution in [3.8, 4) is 0 Å². The van der Waals surface area contributed by atoms with Crippen molar-refractivity contribution in [2.24, 2.45) is 0 Å². The monoisotopic (exact) mass is 357 g/mol. The first-order valence-electron chi connectivity index (χ1n) is 8.29. The maximum Gasteiger partial charge on any atom is 0.410 e. The minimum atomic E-state index is -4.40. The summed E-state index contributed by atoms with van der Waals surface area (Å²) in [5.74, 6) is -0.129. The molecule has 0 spiro atoms. The van der Waals surface area contributed by atoms with Gasteiger partial charge in [0.2, 0.25) is 0 Å². The highest BCUT2D eigenvalue weighted by Gasteiger charge is 2.42. The van der Waals surface area contributed by atoms with E-state index in [9.17, 15) is 13.2 Å². The first-order valence-corrected chi connectivity index (χ1v) is 8.29. The Morgan fingerprint density at radius 1 is 1.20 bits per heavy atom. The lowest BCUT2D eigenvalue weighted by Crippen LogP contribution is -2.38. The van der Waals surface area contributed by atoms with Gasteiger partial charge in [-0.15, -0.1) is 0 Å².